The predicted octanol–water partition coefficient (Wildman–Crippen LogP) is 7.54. The van der Waals surface area contributed by atoms with Gasteiger partial charge in [0.2, 0.25) is 25.9 Å². The van der Waals surface area contributed by atoms with Crippen molar-refractivity contribution in [3.8, 4) is 5.88 Å². The fourth-order valence-corrected chi connectivity index (χ4v) is 11.2. The number of rotatable bonds is 13. The Morgan fingerprint density at radius 3 is 1.71 bits per heavy atom. The minimum Gasteiger partial charge on any atom is -0.478 e. The number of aromatic nitrogens is 6. The van der Waals surface area contributed by atoms with Gasteiger partial charge < -0.3 is 39.4 Å². The zero-order chi connectivity index (χ0) is 63.0. The number of nitrogens with one attached hydrogen (secondary N) is 3. The number of hydrogen-bond donors (Lipinski definition) is 6. The Kier molecular flexibility index (Phi) is 23.9. The maximum atomic E-state index is 13.6. The van der Waals surface area contributed by atoms with Crippen LogP contribution in [0.4, 0.5) is 35.2 Å². The third kappa shape index (κ3) is 19.1. The van der Waals surface area contributed by atoms with Crippen LogP contribution in [-0.2, 0) is 41.5 Å². The second kappa shape index (κ2) is 30.0. The zero-order valence-electron chi connectivity index (χ0n) is 46.7. The molecule has 2 atom stereocenters. The van der Waals surface area contributed by atoms with Crippen LogP contribution in [0.15, 0.2) is 103 Å². The smallest absolute Gasteiger partial charge is 0.478 e. The lowest BCUT2D eigenvalue weighted by atomic mass is 9.98. The van der Waals surface area contributed by atoms with Crippen LogP contribution < -0.4 is 23.8 Å². The Bertz CT molecular complexity index is 3980. The molecule has 35 heteroatoms. The van der Waals surface area contributed by atoms with Gasteiger partial charge in [-0.05, 0) is 86.6 Å². The number of anilines is 3. The Morgan fingerprint density at radius 2 is 1.20 bits per heavy atom. The van der Waals surface area contributed by atoms with Crippen LogP contribution in [0.2, 0.25) is 10.0 Å². The number of likely N-dealkylation sites (tertiary alicyclic amines) is 2. The molecule has 2 amide bonds. The standard InChI is InChI=1S/C22H25ClN6O4S.C20H19F3N4O5S.C8H8ClNO4S.C3H7NO.CH4.ClH/c1-34(32,33)26-17-6-5-14(23)10-16(17)22(31)28-8-3-2-4-19(28)18-11-21-24-20(7-9-29(21)25-18)27-12-15(30)13-27;21-20(22,23)33(29,30)32-18-9-11-27-17(24-18)12-15(25-27)16-8-4-5-10-26(16)19(28)31-13-14-6-2-1-3-7-14;1-15(13,14)10-7-3-2-5(9)4-6(7)8(11)12;5-3-1-4-2-3;;/h5-7,9-11,15,19,26,30H,2-4,8,12-13H2,1H3;1-3,6-7,9,11-12,16H,4-5,8,10,13H2;2-4,10H,1H3,(H,11,12);3-5H,1-2H2;1H4;1H/t19-;16-;;;;/m00..../s1. The van der Waals surface area contributed by atoms with E-state index in [1.807, 2.05) is 53.6 Å². The number of amides is 2. The van der Waals surface area contributed by atoms with Gasteiger partial charge >= 0.3 is 27.7 Å². The number of aromatic carboxylic acids is 1. The number of carboxylic acids is 1. The molecule has 3 aromatic carbocycles. The molecular formula is C54H64Cl3F3N12O14S3. The highest BCUT2D eigenvalue weighted by Crippen LogP contribution is 2.36. The summed E-state index contributed by atoms with van der Waals surface area (Å²) >= 11 is 11.7. The lowest BCUT2D eigenvalue weighted by molar-refractivity contribution is -0.0501. The van der Waals surface area contributed by atoms with Crippen LogP contribution in [0, 0.1) is 0 Å². The molecule has 0 saturated carbocycles. The van der Waals surface area contributed by atoms with Gasteiger partial charge in [0.1, 0.15) is 12.4 Å². The monoisotopic (exact) mass is 1360 g/mol. The largest absolute Gasteiger partial charge is 0.534 e. The summed E-state index contributed by atoms with van der Waals surface area (Å²) in [6, 6.07) is 23.1. The molecular weight excluding hydrogens is 1300 g/mol. The first-order valence-electron chi connectivity index (χ1n) is 26.6. The molecule has 26 nitrogen and oxygen atoms in total. The lowest BCUT2D eigenvalue weighted by Gasteiger charge is -2.36. The highest BCUT2D eigenvalue weighted by molar-refractivity contribution is 7.92. The number of carboxylic acid groups (broad SMARTS) is 1. The van der Waals surface area contributed by atoms with Gasteiger partial charge in [-0.15, -0.1) is 12.4 Å². The van der Waals surface area contributed by atoms with Crippen LogP contribution in [0.3, 0.4) is 0 Å². The molecule has 8 heterocycles. The van der Waals surface area contributed by atoms with E-state index in [0.29, 0.717) is 49.0 Å². The molecule has 0 spiro atoms. The number of β-amino-alcohol motifs (C(OH)–C–C–N with tert-alkyl or cyclic N) is 2. The maximum Gasteiger partial charge on any atom is 0.534 e. The minimum absolute atomic E-state index is 0. The van der Waals surface area contributed by atoms with Crippen molar-refractivity contribution in [3.63, 3.8) is 0 Å². The Hall–Kier alpha value is -7.30. The number of alkyl halides is 3. The number of halogens is 6. The molecule has 4 fully saturated rings. The highest BCUT2D eigenvalue weighted by atomic mass is 35.5. The minimum atomic E-state index is -5.84. The van der Waals surface area contributed by atoms with E-state index in [2.05, 4.69) is 39.1 Å². The van der Waals surface area contributed by atoms with Gasteiger partial charge in [0.05, 0.1) is 70.7 Å². The molecule has 0 bridgehead atoms. The van der Waals surface area contributed by atoms with Crippen molar-refractivity contribution >= 4 is 112 Å². The molecule has 6 N–H and O–H groups in total. The van der Waals surface area contributed by atoms with Gasteiger partial charge in [0.25, 0.3) is 5.91 Å². The second-order valence-electron chi connectivity index (χ2n) is 20.3. The number of aliphatic hydroxyl groups excluding tert-OH is 2. The van der Waals surface area contributed by atoms with Crippen molar-refractivity contribution in [2.24, 2.45) is 0 Å². The van der Waals surface area contributed by atoms with E-state index in [0.717, 1.165) is 80.8 Å². The molecule has 4 aliphatic heterocycles. The Balaban J connectivity index is 0.000000214. The SMILES string of the molecule is C.CS(=O)(=O)Nc1ccc(Cl)cc1C(=O)N1CCCC[C@H]1c1cc2nc(N3CC(O)C3)ccn2n1.CS(=O)(=O)Nc1ccc(Cl)cc1C(=O)O.Cl.O=C(OCc1ccccc1)N1CCCC[C@H]1c1cc2nc(OS(=O)(=O)C(F)(F)F)ccn2n1.OC1CNC1. The third-order valence-corrected chi connectivity index (χ3v) is 16.1. The molecule has 4 aromatic heterocycles. The van der Waals surface area contributed by atoms with Crippen LogP contribution in [0.1, 0.15) is 95.7 Å². The number of ether oxygens (including phenoxy) is 1. The van der Waals surface area contributed by atoms with Crippen LogP contribution in [-0.4, -0.2) is 167 Å². The molecule has 89 heavy (non-hydrogen) atoms. The lowest BCUT2D eigenvalue weighted by Crippen LogP contribution is -2.51. The number of aliphatic hydroxyl groups is 2. The van der Waals surface area contributed by atoms with Gasteiger partial charge in [0, 0.05) is 79.9 Å². The van der Waals surface area contributed by atoms with Crippen molar-refractivity contribution in [2.45, 2.75) is 82.4 Å². The van der Waals surface area contributed by atoms with Gasteiger partial charge in [-0.2, -0.15) is 36.8 Å². The van der Waals surface area contributed by atoms with Crippen molar-refractivity contribution in [2.75, 3.05) is 66.1 Å². The number of hydrogen-bond acceptors (Lipinski definition) is 19. The van der Waals surface area contributed by atoms with E-state index in [1.165, 1.54) is 47.1 Å². The van der Waals surface area contributed by atoms with Crippen molar-refractivity contribution in [3.05, 3.63) is 142 Å². The van der Waals surface area contributed by atoms with Crippen molar-refractivity contribution < 1.29 is 77.0 Å². The number of nitrogens with zero attached hydrogens (tertiary/aromatic N) is 9. The molecule has 7 aromatic rings. The number of fused-ring (bicyclic) bond motifs is 2. The first-order valence-corrected chi connectivity index (χ1v) is 32.6. The third-order valence-electron chi connectivity index (χ3n) is 13.5. The fourth-order valence-electron chi connectivity index (χ4n) is 9.25. The summed E-state index contributed by atoms with van der Waals surface area (Å²) in [4.78, 5) is 50.9. The molecule has 0 unspecified atom stereocenters. The molecule has 0 aliphatic carbocycles. The van der Waals surface area contributed by atoms with Gasteiger partial charge in [0.15, 0.2) is 11.3 Å². The van der Waals surface area contributed by atoms with E-state index in [9.17, 15) is 57.9 Å². The summed E-state index contributed by atoms with van der Waals surface area (Å²) in [7, 11) is -12.9. The fraction of sp³-hybridized carbons (Fsp3) is 0.389. The molecule has 4 aliphatic rings. The number of benzene rings is 3. The summed E-state index contributed by atoms with van der Waals surface area (Å²) in [5.74, 6) is -1.52. The summed E-state index contributed by atoms with van der Waals surface area (Å²) in [6.45, 7) is 3.78. The number of sulfonamides is 2. The first-order chi connectivity index (χ1) is 41.0. The molecule has 484 valence electrons. The van der Waals surface area contributed by atoms with E-state index < -0.39 is 59.7 Å². The van der Waals surface area contributed by atoms with Crippen LogP contribution >= 0.6 is 35.6 Å². The summed E-state index contributed by atoms with van der Waals surface area (Å²) in [6.07, 6.45) is 8.90. The first kappa shape index (κ1) is 70.8. The summed E-state index contributed by atoms with van der Waals surface area (Å²) in [5, 5.41) is 39.3. The summed E-state index contributed by atoms with van der Waals surface area (Å²) in [5.41, 5.74) is -2.62. The number of piperidine rings is 2. The Morgan fingerprint density at radius 1 is 0.697 bits per heavy atom. The second-order valence-corrected chi connectivity index (χ2v) is 26.2. The average molecular weight is 1360 g/mol. The van der Waals surface area contributed by atoms with Crippen molar-refractivity contribution in [1.82, 2.24) is 44.3 Å². The zero-order valence-corrected chi connectivity index (χ0v) is 51.5. The highest BCUT2D eigenvalue weighted by Gasteiger charge is 2.49. The van der Waals surface area contributed by atoms with Gasteiger partial charge in [-0.3, -0.25) is 19.1 Å². The normalized spacial score (nSPS) is 17.1. The van der Waals surface area contributed by atoms with E-state index in [-0.39, 0.29) is 83.8 Å². The molecule has 4 saturated heterocycles. The predicted molar refractivity (Wildman–Crippen MR) is 327 cm³/mol. The molecule has 0 radical (unpaired) electrons. The number of carbonyl (C=O) groups excluding carboxylic acids is 2. The maximum absolute atomic E-state index is 13.6. The number of carbonyl (C=O) groups is 3. The van der Waals surface area contributed by atoms with Crippen LogP contribution in [0.5, 0.6) is 5.88 Å². The van der Waals surface area contributed by atoms with Crippen LogP contribution in [0.25, 0.3) is 11.3 Å². The topological polar surface area (TPSA) is 339 Å². The van der Waals surface area contributed by atoms with E-state index >= 15 is 0 Å². The molecule has 11 rings (SSSR count). The van der Waals surface area contributed by atoms with Crippen molar-refractivity contribution in [1.29, 1.82) is 0 Å². The van der Waals surface area contributed by atoms with E-state index in [4.69, 9.17) is 38.2 Å². The quantitative estimate of drug-likeness (QED) is 0.0479. The van der Waals surface area contributed by atoms with E-state index in [1.54, 1.807) is 20.4 Å². The summed E-state index contributed by atoms with van der Waals surface area (Å²) < 4.78 is 123. The van der Waals surface area contributed by atoms with Gasteiger partial charge in [-0.1, -0.05) is 61.0 Å². The van der Waals surface area contributed by atoms with Gasteiger partial charge in [-0.25, -0.2) is 40.4 Å². The average Bonchev–Trinajstić information content (AvgIpc) is 1.79. The Labute approximate surface area is 526 Å².